The molecule has 2 amide bonds. The van der Waals surface area contributed by atoms with Crippen LogP contribution in [0.15, 0.2) is 67.0 Å². The smallest absolute Gasteiger partial charge is 0.322 e. The fourth-order valence-corrected chi connectivity index (χ4v) is 2.57. The summed E-state index contributed by atoms with van der Waals surface area (Å²) in [5, 5.41) is 2.96. The maximum absolute atomic E-state index is 13.3. The van der Waals surface area contributed by atoms with Crippen molar-refractivity contribution in [1.29, 1.82) is 0 Å². The molecule has 0 radical (unpaired) electrons. The van der Waals surface area contributed by atoms with Gasteiger partial charge in [-0.05, 0) is 51.1 Å². The lowest BCUT2D eigenvalue weighted by Gasteiger charge is -2.28. The minimum absolute atomic E-state index is 0.260. The average Bonchev–Trinajstić information content (AvgIpc) is 2.66. The summed E-state index contributed by atoms with van der Waals surface area (Å²) in [5.41, 5.74) is 0.938. The second-order valence-corrected chi connectivity index (χ2v) is 7.50. The zero-order chi connectivity index (χ0) is 20.9. The largest absolute Gasteiger partial charge is 0.439 e. The molecule has 150 valence electrons. The third-order valence-electron chi connectivity index (χ3n) is 3.82. The Morgan fingerprint density at radius 3 is 2.55 bits per heavy atom. The van der Waals surface area contributed by atoms with E-state index in [0.717, 1.165) is 5.69 Å². The van der Waals surface area contributed by atoms with E-state index < -0.39 is 5.54 Å². The Kier molecular flexibility index (Phi) is 6.07. The van der Waals surface area contributed by atoms with Crippen molar-refractivity contribution in [3.8, 4) is 11.6 Å². The average molecular weight is 394 g/mol. The van der Waals surface area contributed by atoms with Crippen molar-refractivity contribution in [1.82, 2.24) is 15.3 Å². The lowest BCUT2D eigenvalue weighted by atomic mass is 10.1. The summed E-state index contributed by atoms with van der Waals surface area (Å²) in [7, 11) is 0. The third kappa shape index (κ3) is 6.00. The topological polar surface area (TPSA) is 67.4 Å². The van der Waals surface area contributed by atoms with Gasteiger partial charge in [-0.1, -0.05) is 12.1 Å². The molecule has 2 aromatic heterocycles. The second kappa shape index (κ2) is 8.68. The Labute approximate surface area is 169 Å². The molecule has 0 saturated carbocycles. The van der Waals surface area contributed by atoms with Gasteiger partial charge in [0, 0.05) is 23.9 Å². The molecule has 3 rings (SSSR count). The lowest BCUT2D eigenvalue weighted by molar-refractivity contribution is 0.237. The summed E-state index contributed by atoms with van der Waals surface area (Å²) in [6, 6.07) is 14.5. The monoisotopic (exact) mass is 394 g/mol. The Morgan fingerprint density at radius 1 is 1.10 bits per heavy atom. The molecule has 6 nitrogen and oxygen atoms in total. The van der Waals surface area contributed by atoms with Crippen LogP contribution in [0.25, 0.3) is 0 Å². The fourth-order valence-electron chi connectivity index (χ4n) is 2.57. The van der Waals surface area contributed by atoms with Crippen LogP contribution in [0.4, 0.5) is 14.9 Å². The summed E-state index contributed by atoms with van der Waals surface area (Å²) in [6.07, 6.45) is 3.23. The standard InChI is InChI=1S/C22H23FN4O2/c1-22(2,3)26-21(28)27(15-17-8-4-5-12-24-17)18-10-11-20(25-14-18)29-19-9-6-7-16(23)13-19/h4-14H,15H2,1-3H3,(H,26,28). The minimum atomic E-state index is -0.396. The SMILES string of the molecule is CC(C)(C)NC(=O)N(Cc1ccccn1)c1ccc(Oc2cccc(F)c2)nc1. The van der Waals surface area contributed by atoms with E-state index in [1.807, 2.05) is 39.0 Å². The highest BCUT2D eigenvalue weighted by Gasteiger charge is 2.22. The lowest BCUT2D eigenvalue weighted by Crippen LogP contribution is -2.48. The predicted molar refractivity (Wildman–Crippen MR) is 109 cm³/mol. The van der Waals surface area contributed by atoms with Gasteiger partial charge in [0.25, 0.3) is 0 Å². The molecule has 0 aliphatic rings. The highest BCUT2D eigenvalue weighted by molar-refractivity contribution is 5.92. The van der Waals surface area contributed by atoms with Gasteiger partial charge < -0.3 is 10.1 Å². The van der Waals surface area contributed by atoms with E-state index in [4.69, 9.17) is 4.74 Å². The van der Waals surface area contributed by atoms with Crippen LogP contribution in [0, 0.1) is 5.82 Å². The highest BCUT2D eigenvalue weighted by atomic mass is 19.1. The number of ether oxygens (including phenoxy) is 1. The van der Waals surface area contributed by atoms with Crippen LogP contribution in [-0.4, -0.2) is 21.5 Å². The van der Waals surface area contributed by atoms with E-state index >= 15 is 0 Å². The normalized spacial score (nSPS) is 11.0. The first-order chi connectivity index (χ1) is 13.8. The summed E-state index contributed by atoms with van der Waals surface area (Å²) in [6.45, 7) is 6.03. The van der Waals surface area contributed by atoms with Crippen LogP contribution < -0.4 is 15.0 Å². The molecule has 0 aliphatic heterocycles. The molecule has 2 heterocycles. The highest BCUT2D eigenvalue weighted by Crippen LogP contribution is 2.23. The van der Waals surface area contributed by atoms with Gasteiger partial charge in [0.1, 0.15) is 11.6 Å². The Balaban J connectivity index is 1.81. The number of carbonyl (C=O) groups is 1. The fraction of sp³-hybridized carbons (Fsp3) is 0.227. The number of carbonyl (C=O) groups excluding carboxylic acids is 1. The second-order valence-electron chi connectivity index (χ2n) is 7.50. The first-order valence-corrected chi connectivity index (χ1v) is 9.19. The van der Waals surface area contributed by atoms with E-state index in [9.17, 15) is 9.18 Å². The summed E-state index contributed by atoms with van der Waals surface area (Å²) >= 11 is 0. The van der Waals surface area contributed by atoms with Crippen molar-refractivity contribution in [2.75, 3.05) is 4.90 Å². The van der Waals surface area contributed by atoms with Crippen LogP contribution in [-0.2, 0) is 6.54 Å². The molecule has 0 atom stereocenters. The molecule has 7 heteroatoms. The number of nitrogens with zero attached hydrogens (tertiary/aromatic N) is 3. The van der Waals surface area contributed by atoms with Crippen LogP contribution in [0.5, 0.6) is 11.6 Å². The summed E-state index contributed by atoms with van der Waals surface area (Å²) in [4.78, 5) is 23.0. The van der Waals surface area contributed by atoms with Gasteiger partial charge in [-0.15, -0.1) is 0 Å². The van der Waals surface area contributed by atoms with E-state index in [2.05, 4.69) is 15.3 Å². The van der Waals surface area contributed by atoms with E-state index in [1.165, 1.54) is 12.1 Å². The molecule has 0 saturated heterocycles. The van der Waals surface area contributed by atoms with Gasteiger partial charge in [-0.3, -0.25) is 9.88 Å². The van der Waals surface area contributed by atoms with Crippen molar-refractivity contribution in [3.63, 3.8) is 0 Å². The predicted octanol–water partition coefficient (Wildman–Crippen LogP) is 4.92. The van der Waals surface area contributed by atoms with Gasteiger partial charge in [-0.2, -0.15) is 0 Å². The molecular weight excluding hydrogens is 371 g/mol. The molecule has 0 bridgehead atoms. The number of amides is 2. The van der Waals surface area contributed by atoms with Crippen LogP contribution in [0.1, 0.15) is 26.5 Å². The summed E-state index contributed by atoms with van der Waals surface area (Å²) in [5.74, 6) is 0.258. The number of hydrogen-bond acceptors (Lipinski definition) is 4. The number of pyridine rings is 2. The van der Waals surface area contributed by atoms with Gasteiger partial charge >= 0.3 is 6.03 Å². The first-order valence-electron chi connectivity index (χ1n) is 9.19. The number of rotatable bonds is 5. The number of benzene rings is 1. The van der Waals surface area contributed by atoms with Gasteiger partial charge in [0.05, 0.1) is 24.1 Å². The maximum Gasteiger partial charge on any atom is 0.322 e. The van der Waals surface area contributed by atoms with E-state index in [1.54, 1.807) is 41.6 Å². The van der Waals surface area contributed by atoms with Crippen molar-refractivity contribution >= 4 is 11.7 Å². The Morgan fingerprint density at radius 2 is 1.93 bits per heavy atom. The third-order valence-corrected chi connectivity index (χ3v) is 3.82. The van der Waals surface area contributed by atoms with E-state index in [0.29, 0.717) is 17.3 Å². The van der Waals surface area contributed by atoms with Gasteiger partial charge in [0.2, 0.25) is 5.88 Å². The number of halogens is 1. The van der Waals surface area contributed by atoms with E-state index in [-0.39, 0.29) is 18.4 Å². The van der Waals surface area contributed by atoms with Crippen LogP contribution >= 0.6 is 0 Å². The molecule has 0 spiro atoms. The molecule has 1 N–H and O–H groups in total. The Hall–Kier alpha value is -3.48. The number of aromatic nitrogens is 2. The Bertz CT molecular complexity index is 957. The number of nitrogens with one attached hydrogen (secondary N) is 1. The van der Waals surface area contributed by atoms with Crippen LogP contribution in [0.3, 0.4) is 0 Å². The number of anilines is 1. The zero-order valence-electron chi connectivity index (χ0n) is 16.6. The zero-order valence-corrected chi connectivity index (χ0v) is 16.6. The molecule has 1 aromatic carbocycles. The van der Waals surface area contributed by atoms with Crippen molar-refractivity contribution < 1.29 is 13.9 Å². The number of urea groups is 1. The van der Waals surface area contributed by atoms with Crippen molar-refractivity contribution in [2.45, 2.75) is 32.9 Å². The molecule has 0 fully saturated rings. The van der Waals surface area contributed by atoms with Crippen molar-refractivity contribution in [2.24, 2.45) is 0 Å². The number of hydrogen-bond donors (Lipinski definition) is 1. The summed E-state index contributed by atoms with van der Waals surface area (Å²) < 4.78 is 18.9. The molecule has 3 aromatic rings. The van der Waals surface area contributed by atoms with Gasteiger partial charge in [-0.25, -0.2) is 14.2 Å². The maximum atomic E-state index is 13.3. The molecule has 29 heavy (non-hydrogen) atoms. The van der Waals surface area contributed by atoms with Gasteiger partial charge in [0.15, 0.2) is 0 Å². The first kappa shape index (κ1) is 20.3. The molecule has 0 unspecified atom stereocenters. The quantitative estimate of drug-likeness (QED) is 0.667. The van der Waals surface area contributed by atoms with Crippen molar-refractivity contribution in [3.05, 3.63) is 78.5 Å². The molecule has 0 aliphatic carbocycles. The minimum Gasteiger partial charge on any atom is -0.439 e. The molecular formula is C22H23FN4O2. The van der Waals surface area contributed by atoms with Crippen LogP contribution in [0.2, 0.25) is 0 Å².